The molecule has 1 saturated carbocycles. The summed E-state index contributed by atoms with van der Waals surface area (Å²) >= 11 is 0. The molecule has 0 saturated heterocycles. The van der Waals surface area contributed by atoms with Crippen molar-refractivity contribution in [3.05, 3.63) is 11.8 Å². The topological polar surface area (TPSA) is 101 Å². The van der Waals surface area contributed by atoms with E-state index in [2.05, 4.69) is 21.8 Å². The highest BCUT2D eigenvalue weighted by Gasteiger charge is 2.25. The van der Waals surface area contributed by atoms with Crippen molar-refractivity contribution in [2.45, 2.75) is 37.8 Å². The van der Waals surface area contributed by atoms with Gasteiger partial charge in [-0.25, -0.2) is 13.1 Å². The number of rotatable bonds is 5. The second-order valence-electron chi connectivity index (χ2n) is 5.06. The van der Waals surface area contributed by atoms with Crippen molar-refractivity contribution in [1.82, 2.24) is 14.9 Å². The predicted molar refractivity (Wildman–Crippen MR) is 68.2 cm³/mol. The fourth-order valence-corrected chi connectivity index (χ4v) is 3.74. The molecule has 7 heteroatoms. The Morgan fingerprint density at radius 1 is 1.56 bits per heavy atom. The van der Waals surface area contributed by atoms with E-state index in [0.717, 1.165) is 12.8 Å². The zero-order valence-corrected chi connectivity index (χ0v) is 11.3. The Kier molecular flexibility index (Phi) is 4.04. The molecule has 1 aliphatic carbocycles. The first-order chi connectivity index (χ1) is 8.53. The molecule has 1 aromatic rings. The first-order valence-electron chi connectivity index (χ1n) is 6.25. The standard InChI is InChI=1S/C11H20N4O2S/c1-8-2-3-9(4-8)6-14-18(16,17)11-10(5-12)7-13-15-11/h7-9,14H,2-6,12H2,1H3,(H,13,15). The highest BCUT2D eigenvalue weighted by Crippen LogP contribution is 2.29. The molecule has 2 rings (SSSR count). The van der Waals surface area contributed by atoms with Gasteiger partial charge in [0.1, 0.15) is 0 Å². The van der Waals surface area contributed by atoms with E-state index in [1.807, 2.05) is 0 Å². The van der Waals surface area contributed by atoms with E-state index in [1.54, 1.807) is 0 Å². The van der Waals surface area contributed by atoms with Crippen molar-refractivity contribution in [3.8, 4) is 0 Å². The SMILES string of the molecule is CC1CCC(CNS(=O)(=O)c2[nH]ncc2CN)C1. The number of hydrogen-bond acceptors (Lipinski definition) is 4. The van der Waals surface area contributed by atoms with Gasteiger partial charge in [0, 0.05) is 18.7 Å². The number of nitrogens with two attached hydrogens (primary N) is 1. The van der Waals surface area contributed by atoms with Gasteiger partial charge in [0.25, 0.3) is 10.0 Å². The van der Waals surface area contributed by atoms with E-state index < -0.39 is 10.0 Å². The van der Waals surface area contributed by atoms with Gasteiger partial charge in [0.05, 0.1) is 6.20 Å². The quantitative estimate of drug-likeness (QED) is 0.730. The molecule has 0 amide bonds. The number of sulfonamides is 1. The van der Waals surface area contributed by atoms with Gasteiger partial charge in [0.15, 0.2) is 5.03 Å². The van der Waals surface area contributed by atoms with E-state index in [9.17, 15) is 8.42 Å². The highest BCUT2D eigenvalue weighted by molar-refractivity contribution is 7.89. The molecule has 2 atom stereocenters. The number of H-pyrrole nitrogens is 1. The second kappa shape index (κ2) is 5.38. The van der Waals surface area contributed by atoms with E-state index in [1.165, 1.54) is 12.6 Å². The Morgan fingerprint density at radius 2 is 2.33 bits per heavy atom. The van der Waals surface area contributed by atoms with Gasteiger partial charge < -0.3 is 5.73 Å². The molecule has 102 valence electrons. The molecule has 1 aromatic heterocycles. The van der Waals surface area contributed by atoms with Gasteiger partial charge in [-0.2, -0.15) is 5.10 Å². The lowest BCUT2D eigenvalue weighted by Gasteiger charge is -2.11. The van der Waals surface area contributed by atoms with Gasteiger partial charge in [-0.3, -0.25) is 5.10 Å². The average molecular weight is 272 g/mol. The molecule has 2 unspecified atom stereocenters. The minimum absolute atomic E-state index is 0.0936. The molecule has 0 bridgehead atoms. The highest BCUT2D eigenvalue weighted by atomic mass is 32.2. The van der Waals surface area contributed by atoms with Gasteiger partial charge in [-0.05, 0) is 24.7 Å². The van der Waals surface area contributed by atoms with Crippen LogP contribution in [0.15, 0.2) is 11.2 Å². The summed E-state index contributed by atoms with van der Waals surface area (Å²) in [7, 11) is -3.51. The van der Waals surface area contributed by atoms with Crippen molar-refractivity contribution in [2.75, 3.05) is 6.54 Å². The number of nitrogens with one attached hydrogen (secondary N) is 2. The predicted octanol–water partition coefficient (Wildman–Crippen LogP) is 0.583. The van der Waals surface area contributed by atoms with Crippen LogP contribution in [0, 0.1) is 11.8 Å². The molecule has 1 fully saturated rings. The van der Waals surface area contributed by atoms with Crippen LogP contribution in [0.1, 0.15) is 31.7 Å². The van der Waals surface area contributed by atoms with Crippen molar-refractivity contribution in [1.29, 1.82) is 0 Å². The Morgan fingerprint density at radius 3 is 2.94 bits per heavy atom. The van der Waals surface area contributed by atoms with Gasteiger partial charge in [-0.1, -0.05) is 13.3 Å². The third-order valence-electron chi connectivity index (χ3n) is 3.53. The molecule has 1 heterocycles. The average Bonchev–Trinajstić information content (AvgIpc) is 2.95. The van der Waals surface area contributed by atoms with Crippen LogP contribution in [-0.2, 0) is 16.6 Å². The number of aromatic nitrogens is 2. The van der Waals surface area contributed by atoms with Crippen LogP contribution >= 0.6 is 0 Å². The first-order valence-corrected chi connectivity index (χ1v) is 7.73. The van der Waals surface area contributed by atoms with Crippen LogP contribution < -0.4 is 10.5 Å². The molecular weight excluding hydrogens is 252 g/mol. The van der Waals surface area contributed by atoms with Crippen LogP contribution in [0.25, 0.3) is 0 Å². The molecule has 1 aliphatic rings. The van der Waals surface area contributed by atoms with Crippen LogP contribution in [-0.4, -0.2) is 25.2 Å². The molecule has 0 aromatic carbocycles. The maximum atomic E-state index is 12.1. The second-order valence-corrected chi connectivity index (χ2v) is 6.77. The minimum atomic E-state index is -3.51. The van der Waals surface area contributed by atoms with Gasteiger partial charge >= 0.3 is 0 Å². The molecule has 6 nitrogen and oxygen atoms in total. The fourth-order valence-electron chi connectivity index (χ4n) is 2.49. The van der Waals surface area contributed by atoms with E-state index in [4.69, 9.17) is 5.73 Å². The zero-order valence-electron chi connectivity index (χ0n) is 10.5. The number of nitrogens with zero attached hydrogens (tertiary/aromatic N) is 1. The van der Waals surface area contributed by atoms with E-state index in [-0.39, 0.29) is 11.6 Å². The Hall–Kier alpha value is -0.920. The first kappa shape index (κ1) is 13.5. The van der Waals surface area contributed by atoms with E-state index >= 15 is 0 Å². The molecular formula is C11H20N4O2S. The van der Waals surface area contributed by atoms with Crippen molar-refractivity contribution in [3.63, 3.8) is 0 Å². The molecule has 18 heavy (non-hydrogen) atoms. The summed E-state index contributed by atoms with van der Waals surface area (Å²) in [6.45, 7) is 2.86. The van der Waals surface area contributed by atoms with Gasteiger partial charge in [-0.15, -0.1) is 0 Å². The lowest BCUT2D eigenvalue weighted by molar-refractivity contribution is 0.497. The van der Waals surface area contributed by atoms with Crippen molar-refractivity contribution in [2.24, 2.45) is 17.6 Å². The van der Waals surface area contributed by atoms with Crippen molar-refractivity contribution < 1.29 is 8.42 Å². The summed E-state index contributed by atoms with van der Waals surface area (Å²) < 4.78 is 26.8. The summed E-state index contributed by atoms with van der Waals surface area (Å²) in [5.41, 5.74) is 5.99. The Labute approximate surface area is 107 Å². The van der Waals surface area contributed by atoms with Gasteiger partial charge in [0.2, 0.25) is 0 Å². The minimum Gasteiger partial charge on any atom is -0.326 e. The molecule has 0 spiro atoms. The van der Waals surface area contributed by atoms with E-state index in [0.29, 0.717) is 23.9 Å². The summed E-state index contributed by atoms with van der Waals surface area (Å²) in [5, 5.41) is 6.32. The summed E-state index contributed by atoms with van der Waals surface area (Å²) in [4.78, 5) is 0. The maximum Gasteiger partial charge on any atom is 0.257 e. The normalized spacial score (nSPS) is 24.6. The zero-order chi connectivity index (χ0) is 13.2. The van der Waals surface area contributed by atoms with Crippen LogP contribution in [0.4, 0.5) is 0 Å². The monoisotopic (exact) mass is 272 g/mol. The number of hydrogen-bond donors (Lipinski definition) is 3. The third kappa shape index (κ3) is 2.90. The summed E-state index contributed by atoms with van der Waals surface area (Å²) in [6, 6.07) is 0. The van der Waals surface area contributed by atoms with Crippen molar-refractivity contribution >= 4 is 10.0 Å². The van der Waals surface area contributed by atoms with Crippen LogP contribution in [0.2, 0.25) is 0 Å². The smallest absolute Gasteiger partial charge is 0.257 e. The lowest BCUT2D eigenvalue weighted by atomic mass is 10.1. The Bertz CT molecular complexity index is 497. The maximum absolute atomic E-state index is 12.1. The Balaban J connectivity index is 1.99. The summed E-state index contributed by atoms with van der Waals surface area (Å²) in [5.74, 6) is 1.14. The fraction of sp³-hybridized carbons (Fsp3) is 0.727. The molecule has 4 N–H and O–H groups in total. The number of aromatic amines is 1. The summed E-state index contributed by atoms with van der Waals surface area (Å²) in [6.07, 6.45) is 4.82. The third-order valence-corrected chi connectivity index (χ3v) is 4.97. The van der Waals surface area contributed by atoms with Crippen LogP contribution in [0.3, 0.4) is 0 Å². The molecule has 0 radical (unpaired) electrons. The lowest BCUT2D eigenvalue weighted by Crippen LogP contribution is -2.29. The van der Waals surface area contributed by atoms with Crippen LogP contribution in [0.5, 0.6) is 0 Å². The largest absolute Gasteiger partial charge is 0.326 e. The molecule has 0 aliphatic heterocycles.